The zero-order chi connectivity index (χ0) is 12.8. The van der Waals surface area contributed by atoms with E-state index in [0.717, 1.165) is 0 Å². The van der Waals surface area contributed by atoms with Gasteiger partial charge in [-0.1, -0.05) is 12.1 Å². The van der Waals surface area contributed by atoms with E-state index in [1.54, 1.807) is 30.2 Å². The Kier molecular flexibility index (Phi) is 4.69. The number of hydrogen-bond acceptors (Lipinski definition) is 3. The van der Waals surface area contributed by atoms with Crippen LogP contribution < -0.4 is 4.74 Å². The number of nitrogens with zero attached hydrogens (tertiary/aromatic N) is 1. The van der Waals surface area contributed by atoms with Crippen molar-refractivity contribution in [3.8, 4) is 5.75 Å². The van der Waals surface area contributed by atoms with E-state index in [2.05, 4.69) is 0 Å². The zero-order valence-corrected chi connectivity index (χ0v) is 10.2. The maximum Gasteiger partial charge on any atom is 0.197 e. The van der Waals surface area contributed by atoms with Gasteiger partial charge in [-0.2, -0.15) is 0 Å². The number of benzene rings is 1. The van der Waals surface area contributed by atoms with E-state index in [9.17, 15) is 9.18 Å². The molecule has 0 bridgehead atoms. The van der Waals surface area contributed by atoms with Gasteiger partial charge in [0.05, 0.1) is 0 Å². The largest absolute Gasteiger partial charge is 0.480 e. The Hall–Kier alpha value is -1.84. The molecule has 0 aliphatic rings. The van der Waals surface area contributed by atoms with E-state index < -0.39 is 11.9 Å². The lowest BCUT2D eigenvalue weighted by atomic mass is 10.2. The molecule has 1 rings (SSSR count). The number of rotatable bonds is 5. The molecule has 1 atom stereocenters. The van der Waals surface area contributed by atoms with E-state index in [-0.39, 0.29) is 11.5 Å². The topological polar surface area (TPSA) is 29.5 Å². The summed E-state index contributed by atoms with van der Waals surface area (Å²) in [6.07, 6.45) is 2.33. The highest BCUT2D eigenvalue weighted by atomic mass is 19.1. The van der Waals surface area contributed by atoms with Gasteiger partial charge in [0.25, 0.3) is 0 Å². The van der Waals surface area contributed by atoms with Crippen LogP contribution in [0.15, 0.2) is 36.5 Å². The molecule has 0 amide bonds. The molecule has 0 aliphatic carbocycles. The van der Waals surface area contributed by atoms with Crippen molar-refractivity contribution in [3.63, 3.8) is 0 Å². The fourth-order valence-corrected chi connectivity index (χ4v) is 1.15. The molecular formula is C13H16FNO2. The van der Waals surface area contributed by atoms with Crippen molar-refractivity contribution in [1.29, 1.82) is 0 Å². The number of hydrogen-bond donors (Lipinski definition) is 0. The summed E-state index contributed by atoms with van der Waals surface area (Å²) in [6.45, 7) is 1.59. The van der Waals surface area contributed by atoms with Crippen molar-refractivity contribution in [2.24, 2.45) is 0 Å². The Bertz CT molecular complexity index is 416. The highest BCUT2D eigenvalue weighted by Gasteiger charge is 2.13. The summed E-state index contributed by atoms with van der Waals surface area (Å²) in [5.41, 5.74) is 0. The summed E-state index contributed by atoms with van der Waals surface area (Å²) in [7, 11) is 3.62. The molecule has 3 nitrogen and oxygen atoms in total. The summed E-state index contributed by atoms with van der Waals surface area (Å²) in [5.74, 6) is -0.586. The fourth-order valence-electron chi connectivity index (χ4n) is 1.15. The predicted octanol–water partition coefficient (Wildman–Crippen LogP) is 2.24. The number of carbonyl (C=O) groups excluding carboxylic acids is 1. The van der Waals surface area contributed by atoms with E-state index in [1.165, 1.54) is 18.2 Å². The van der Waals surface area contributed by atoms with Crippen LogP contribution in [0.25, 0.3) is 0 Å². The quantitative estimate of drug-likeness (QED) is 0.735. The molecule has 92 valence electrons. The van der Waals surface area contributed by atoms with E-state index in [0.29, 0.717) is 0 Å². The first-order valence-electron chi connectivity index (χ1n) is 5.30. The van der Waals surface area contributed by atoms with Gasteiger partial charge >= 0.3 is 0 Å². The van der Waals surface area contributed by atoms with Gasteiger partial charge in [-0.05, 0) is 19.1 Å². The minimum absolute atomic E-state index is 0.0894. The summed E-state index contributed by atoms with van der Waals surface area (Å²) < 4.78 is 18.5. The van der Waals surface area contributed by atoms with Gasteiger partial charge in [-0.3, -0.25) is 4.79 Å². The van der Waals surface area contributed by atoms with Gasteiger partial charge in [-0.15, -0.1) is 0 Å². The van der Waals surface area contributed by atoms with E-state index in [4.69, 9.17) is 4.74 Å². The number of ether oxygens (including phenoxy) is 1. The average Bonchev–Trinajstić information content (AvgIpc) is 2.28. The van der Waals surface area contributed by atoms with Crippen LogP contribution in [0.2, 0.25) is 0 Å². The molecule has 0 aromatic heterocycles. The van der Waals surface area contributed by atoms with Gasteiger partial charge < -0.3 is 9.64 Å². The molecule has 0 N–H and O–H groups in total. The summed E-state index contributed by atoms with van der Waals surface area (Å²) in [5, 5.41) is 0. The molecule has 0 spiro atoms. The van der Waals surface area contributed by atoms with E-state index in [1.807, 2.05) is 14.1 Å². The van der Waals surface area contributed by atoms with Crippen molar-refractivity contribution in [2.75, 3.05) is 14.1 Å². The van der Waals surface area contributed by atoms with Crippen molar-refractivity contribution < 1.29 is 13.9 Å². The normalized spacial score (nSPS) is 12.5. The third-order valence-corrected chi connectivity index (χ3v) is 2.08. The van der Waals surface area contributed by atoms with E-state index >= 15 is 0 Å². The van der Waals surface area contributed by atoms with Gasteiger partial charge in [-0.25, -0.2) is 4.39 Å². The predicted molar refractivity (Wildman–Crippen MR) is 64.3 cm³/mol. The molecule has 0 radical (unpaired) electrons. The Morgan fingerprint density at radius 1 is 1.41 bits per heavy atom. The molecule has 0 fully saturated rings. The van der Waals surface area contributed by atoms with Crippen LogP contribution in [0, 0.1) is 5.82 Å². The van der Waals surface area contributed by atoms with Crippen LogP contribution in [0.5, 0.6) is 5.75 Å². The first kappa shape index (κ1) is 13.2. The fraction of sp³-hybridized carbons (Fsp3) is 0.308. The summed E-state index contributed by atoms with van der Waals surface area (Å²) in [4.78, 5) is 13.3. The molecule has 0 saturated heterocycles. The maximum absolute atomic E-state index is 13.3. The minimum atomic E-state index is -0.705. The molecule has 0 aliphatic heterocycles. The molecule has 0 heterocycles. The SMILES string of the molecule is CC(Oc1ccccc1F)C(=O)C=CN(C)C. The highest BCUT2D eigenvalue weighted by molar-refractivity contribution is 5.93. The molecule has 1 aromatic carbocycles. The lowest BCUT2D eigenvalue weighted by molar-refractivity contribution is -0.120. The second kappa shape index (κ2) is 6.03. The average molecular weight is 237 g/mol. The van der Waals surface area contributed by atoms with Crippen molar-refractivity contribution in [2.45, 2.75) is 13.0 Å². The Balaban J connectivity index is 2.63. The molecule has 17 heavy (non-hydrogen) atoms. The monoisotopic (exact) mass is 237 g/mol. The van der Waals surface area contributed by atoms with Crippen LogP contribution in [-0.4, -0.2) is 30.9 Å². The molecule has 1 unspecified atom stereocenters. The Morgan fingerprint density at radius 3 is 2.65 bits per heavy atom. The highest BCUT2D eigenvalue weighted by Crippen LogP contribution is 2.17. The first-order chi connectivity index (χ1) is 8.00. The third-order valence-electron chi connectivity index (χ3n) is 2.08. The first-order valence-corrected chi connectivity index (χ1v) is 5.30. The molecule has 0 saturated carbocycles. The molecule has 1 aromatic rings. The Morgan fingerprint density at radius 2 is 2.06 bits per heavy atom. The van der Waals surface area contributed by atoms with Crippen molar-refractivity contribution >= 4 is 5.78 Å². The lowest BCUT2D eigenvalue weighted by Crippen LogP contribution is -2.22. The smallest absolute Gasteiger partial charge is 0.197 e. The number of carbonyl (C=O) groups is 1. The second-order valence-electron chi connectivity index (χ2n) is 3.87. The van der Waals surface area contributed by atoms with Crippen LogP contribution in [-0.2, 0) is 4.79 Å². The number of halogens is 1. The van der Waals surface area contributed by atoms with Crippen LogP contribution in [0.3, 0.4) is 0 Å². The number of para-hydroxylation sites is 1. The van der Waals surface area contributed by atoms with Gasteiger partial charge in [0.2, 0.25) is 0 Å². The Labute approximate surface area is 100 Å². The lowest BCUT2D eigenvalue weighted by Gasteiger charge is -2.12. The summed E-state index contributed by atoms with van der Waals surface area (Å²) >= 11 is 0. The standard InChI is InChI=1S/C13H16FNO2/c1-10(12(16)8-9-15(2)3)17-13-7-5-4-6-11(13)14/h4-10H,1-3H3. The minimum Gasteiger partial charge on any atom is -0.480 e. The summed E-state index contributed by atoms with van der Waals surface area (Å²) in [6, 6.07) is 6.02. The maximum atomic E-state index is 13.3. The molecule has 4 heteroatoms. The van der Waals surface area contributed by atoms with Crippen molar-refractivity contribution in [1.82, 2.24) is 4.90 Å². The van der Waals surface area contributed by atoms with Gasteiger partial charge in [0, 0.05) is 26.4 Å². The molecular weight excluding hydrogens is 221 g/mol. The number of ketones is 1. The third kappa shape index (κ3) is 4.26. The van der Waals surface area contributed by atoms with Gasteiger partial charge in [0.15, 0.2) is 23.5 Å². The van der Waals surface area contributed by atoms with Gasteiger partial charge in [0.1, 0.15) is 0 Å². The van der Waals surface area contributed by atoms with Crippen LogP contribution in [0.4, 0.5) is 4.39 Å². The zero-order valence-electron chi connectivity index (χ0n) is 10.2. The van der Waals surface area contributed by atoms with Crippen molar-refractivity contribution in [3.05, 3.63) is 42.4 Å². The van der Waals surface area contributed by atoms with Crippen LogP contribution >= 0.6 is 0 Å². The second-order valence-corrected chi connectivity index (χ2v) is 3.87. The van der Waals surface area contributed by atoms with Crippen LogP contribution in [0.1, 0.15) is 6.92 Å².